The highest BCUT2D eigenvalue weighted by Gasteiger charge is 2.07. The van der Waals surface area contributed by atoms with Crippen molar-refractivity contribution < 1.29 is 0 Å². The van der Waals surface area contributed by atoms with Crippen molar-refractivity contribution in [1.82, 2.24) is 9.97 Å². The molecule has 4 nitrogen and oxygen atoms in total. The third-order valence-electron chi connectivity index (χ3n) is 2.61. The van der Waals surface area contributed by atoms with Crippen LogP contribution in [0.15, 0.2) is 36.5 Å². The molecule has 0 aromatic carbocycles. The molecule has 0 aliphatic carbocycles. The van der Waals surface area contributed by atoms with Crippen LogP contribution in [0.5, 0.6) is 0 Å². The molecule has 0 unspecified atom stereocenters. The first kappa shape index (κ1) is 12.8. The molecule has 0 spiro atoms. The summed E-state index contributed by atoms with van der Waals surface area (Å²) in [5.41, 5.74) is 7.30. The minimum atomic E-state index is 0.337. The summed E-state index contributed by atoms with van der Waals surface area (Å²) in [5.74, 6) is 0.838. The maximum Gasteiger partial charge on any atom is 0.129 e. The molecule has 2 rings (SSSR count). The molecule has 94 valence electrons. The van der Waals surface area contributed by atoms with Crippen molar-refractivity contribution in [3.05, 3.63) is 52.9 Å². The fraction of sp³-hybridized carbons (Fsp3) is 0.231. The molecule has 0 saturated carbocycles. The van der Waals surface area contributed by atoms with E-state index in [-0.39, 0.29) is 0 Å². The first-order valence-electron chi connectivity index (χ1n) is 5.67. The lowest BCUT2D eigenvalue weighted by Gasteiger charge is -2.18. The summed E-state index contributed by atoms with van der Waals surface area (Å²) in [6.07, 6.45) is 1.78. The molecule has 0 fully saturated rings. The Morgan fingerprint density at radius 2 is 2.11 bits per heavy atom. The first-order chi connectivity index (χ1) is 8.70. The molecule has 2 N–H and O–H groups in total. The van der Waals surface area contributed by atoms with Crippen LogP contribution in [0.25, 0.3) is 0 Å². The summed E-state index contributed by atoms with van der Waals surface area (Å²) >= 11 is 5.99. The van der Waals surface area contributed by atoms with E-state index in [0.717, 1.165) is 11.5 Å². The molecule has 2 heterocycles. The van der Waals surface area contributed by atoms with Crippen LogP contribution in [0.2, 0.25) is 5.02 Å². The molecule has 0 aliphatic rings. The van der Waals surface area contributed by atoms with E-state index in [1.807, 2.05) is 42.3 Å². The van der Waals surface area contributed by atoms with Crippen LogP contribution >= 0.6 is 11.6 Å². The van der Waals surface area contributed by atoms with Crippen LogP contribution in [-0.2, 0) is 13.1 Å². The minimum absolute atomic E-state index is 0.337. The molecule has 0 saturated heterocycles. The van der Waals surface area contributed by atoms with Gasteiger partial charge in [0.05, 0.1) is 23.0 Å². The second-order valence-corrected chi connectivity index (χ2v) is 4.39. The minimum Gasteiger partial charge on any atom is -0.354 e. The molecule has 2 aromatic rings. The van der Waals surface area contributed by atoms with Crippen molar-refractivity contribution in [3.63, 3.8) is 0 Å². The van der Waals surface area contributed by atoms with Gasteiger partial charge in [0.1, 0.15) is 5.82 Å². The van der Waals surface area contributed by atoms with Gasteiger partial charge >= 0.3 is 0 Å². The number of aromatic nitrogens is 2. The van der Waals surface area contributed by atoms with E-state index in [2.05, 4.69) is 9.97 Å². The third kappa shape index (κ3) is 2.97. The highest BCUT2D eigenvalue weighted by Crippen LogP contribution is 2.19. The zero-order valence-corrected chi connectivity index (χ0v) is 10.9. The molecule has 2 aromatic heterocycles. The van der Waals surface area contributed by atoms with Gasteiger partial charge in [0.25, 0.3) is 0 Å². The van der Waals surface area contributed by atoms with Crippen molar-refractivity contribution in [2.24, 2.45) is 5.73 Å². The van der Waals surface area contributed by atoms with E-state index in [1.165, 1.54) is 0 Å². The Labute approximate surface area is 111 Å². The number of hydrogen-bond acceptors (Lipinski definition) is 4. The topological polar surface area (TPSA) is 55.0 Å². The van der Waals surface area contributed by atoms with Gasteiger partial charge in [-0.3, -0.25) is 4.98 Å². The van der Waals surface area contributed by atoms with Crippen molar-refractivity contribution in [2.45, 2.75) is 13.1 Å². The van der Waals surface area contributed by atoms with E-state index in [9.17, 15) is 0 Å². The van der Waals surface area contributed by atoms with Crippen molar-refractivity contribution in [1.29, 1.82) is 0 Å². The Bertz CT molecular complexity index is 516. The number of hydrogen-bond donors (Lipinski definition) is 1. The normalized spacial score (nSPS) is 10.4. The first-order valence-corrected chi connectivity index (χ1v) is 6.05. The molecule has 0 bridgehead atoms. The van der Waals surface area contributed by atoms with Gasteiger partial charge in [0, 0.05) is 19.8 Å². The molecular formula is C13H15ClN4. The lowest BCUT2D eigenvalue weighted by molar-refractivity contribution is 0.853. The predicted octanol–water partition coefficient (Wildman–Crippen LogP) is 2.23. The molecule has 5 heteroatoms. The molecule has 18 heavy (non-hydrogen) atoms. The maximum atomic E-state index is 5.99. The number of nitrogens with two attached hydrogens (primary N) is 1. The Kier molecular flexibility index (Phi) is 4.12. The summed E-state index contributed by atoms with van der Waals surface area (Å²) in [4.78, 5) is 10.7. The summed E-state index contributed by atoms with van der Waals surface area (Å²) < 4.78 is 0. The Balaban J connectivity index is 2.16. The van der Waals surface area contributed by atoms with Crippen LogP contribution in [0.4, 0.5) is 5.82 Å². The molecule has 0 atom stereocenters. The standard InChI is InChI=1S/C13H15ClN4/c1-18(9-10-4-2-3-7-16-10)13-6-5-11(14)12(8-15)17-13/h2-7H,8-9,15H2,1H3. The van der Waals surface area contributed by atoms with E-state index in [4.69, 9.17) is 17.3 Å². The highest BCUT2D eigenvalue weighted by molar-refractivity contribution is 6.31. The quantitative estimate of drug-likeness (QED) is 0.918. The maximum absolute atomic E-state index is 5.99. The van der Waals surface area contributed by atoms with Gasteiger partial charge in [-0.2, -0.15) is 0 Å². The monoisotopic (exact) mass is 262 g/mol. The van der Waals surface area contributed by atoms with Gasteiger partial charge < -0.3 is 10.6 Å². The van der Waals surface area contributed by atoms with Gasteiger partial charge in [0.2, 0.25) is 0 Å². The lowest BCUT2D eigenvalue weighted by Crippen LogP contribution is -2.19. The number of nitrogens with zero attached hydrogens (tertiary/aromatic N) is 3. The van der Waals surface area contributed by atoms with Crippen LogP contribution in [-0.4, -0.2) is 17.0 Å². The summed E-state index contributed by atoms with van der Waals surface area (Å²) in [5, 5.41) is 0.604. The van der Waals surface area contributed by atoms with Crippen molar-refractivity contribution >= 4 is 17.4 Å². The van der Waals surface area contributed by atoms with E-state index >= 15 is 0 Å². The molecule has 0 radical (unpaired) electrons. The number of pyridine rings is 2. The molecule has 0 amide bonds. The largest absolute Gasteiger partial charge is 0.354 e. The van der Waals surface area contributed by atoms with E-state index in [1.54, 1.807) is 6.20 Å². The van der Waals surface area contributed by atoms with Crippen LogP contribution in [0.3, 0.4) is 0 Å². The summed E-state index contributed by atoms with van der Waals surface area (Å²) in [6.45, 7) is 1.03. The summed E-state index contributed by atoms with van der Waals surface area (Å²) in [6, 6.07) is 9.55. The third-order valence-corrected chi connectivity index (χ3v) is 2.96. The average Bonchev–Trinajstić information content (AvgIpc) is 2.40. The van der Waals surface area contributed by atoms with Crippen LogP contribution in [0, 0.1) is 0 Å². The van der Waals surface area contributed by atoms with E-state index < -0.39 is 0 Å². The van der Waals surface area contributed by atoms with Crippen molar-refractivity contribution in [3.8, 4) is 0 Å². The van der Waals surface area contributed by atoms with Gasteiger partial charge in [0.15, 0.2) is 0 Å². The second-order valence-electron chi connectivity index (χ2n) is 3.98. The Morgan fingerprint density at radius 1 is 1.28 bits per heavy atom. The fourth-order valence-electron chi connectivity index (χ4n) is 1.64. The van der Waals surface area contributed by atoms with Gasteiger partial charge in [-0.1, -0.05) is 17.7 Å². The average molecular weight is 263 g/mol. The molecule has 0 aliphatic heterocycles. The van der Waals surface area contributed by atoms with E-state index in [0.29, 0.717) is 23.8 Å². The van der Waals surface area contributed by atoms with Gasteiger partial charge in [-0.25, -0.2) is 4.98 Å². The van der Waals surface area contributed by atoms with Gasteiger partial charge in [-0.05, 0) is 24.3 Å². The smallest absolute Gasteiger partial charge is 0.129 e. The second kappa shape index (κ2) is 5.80. The number of anilines is 1. The SMILES string of the molecule is CN(Cc1ccccn1)c1ccc(Cl)c(CN)n1. The van der Waals surface area contributed by atoms with Gasteiger partial charge in [-0.15, -0.1) is 0 Å². The van der Waals surface area contributed by atoms with Crippen molar-refractivity contribution in [2.75, 3.05) is 11.9 Å². The Morgan fingerprint density at radius 3 is 2.78 bits per heavy atom. The number of rotatable bonds is 4. The predicted molar refractivity (Wildman–Crippen MR) is 73.5 cm³/mol. The highest BCUT2D eigenvalue weighted by atomic mass is 35.5. The zero-order chi connectivity index (χ0) is 13.0. The Hall–Kier alpha value is -1.65. The zero-order valence-electron chi connectivity index (χ0n) is 10.2. The lowest BCUT2D eigenvalue weighted by atomic mass is 10.3. The number of halogens is 1. The molecular weight excluding hydrogens is 248 g/mol. The fourth-order valence-corrected chi connectivity index (χ4v) is 1.83. The van der Waals surface area contributed by atoms with Crippen LogP contribution in [0.1, 0.15) is 11.4 Å². The van der Waals surface area contributed by atoms with Crippen LogP contribution < -0.4 is 10.6 Å². The summed E-state index contributed by atoms with van der Waals surface area (Å²) in [7, 11) is 1.96.